The number of rotatable bonds is 7. The first-order valence-corrected chi connectivity index (χ1v) is 8.03. The number of aryl methyl sites for hydroxylation is 1. The summed E-state index contributed by atoms with van der Waals surface area (Å²) in [6, 6.07) is 9.10. The maximum Gasteiger partial charge on any atom is 0.0448 e. The van der Waals surface area contributed by atoms with E-state index in [1.165, 1.54) is 23.3 Å². The first kappa shape index (κ1) is 15.6. The van der Waals surface area contributed by atoms with E-state index in [4.69, 9.17) is 5.73 Å². The molecule has 2 heteroatoms. The molecule has 18 heavy (non-hydrogen) atoms. The first-order chi connectivity index (χ1) is 8.54. The minimum absolute atomic E-state index is 0.255. The number of benzene rings is 1. The van der Waals surface area contributed by atoms with Gasteiger partial charge in [-0.3, -0.25) is 0 Å². The Bertz CT molecular complexity index is 331. The van der Waals surface area contributed by atoms with E-state index in [9.17, 15) is 0 Å². The van der Waals surface area contributed by atoms with E-state index < -0.39 is 0 Å². The van der Waals surface area contributed by atoms with Crippen molar-refractivity contribution in [2.24, 2.45) is 11.7 Å². The Kier molecular flexibility index (Phi) is 6.80. The molecule has 0 amide bonds. The van der Waals surface area contributed by atoms with Crippen LogP contribution in [0.25, 0.3) is 0 Å². The van der Waals surface area contributed by atoms with Crippen LogP contribution in [0, 0.1) is 12.8 Å². The summed E-state index contributed by atoms with van der Waals surface area (Å²) in [4.78, 5) is 0. The van der Waals surface area contributed by atoms with E-state index in [0.29, 0.717) is 5.25 Å². The van der Waals surface area contributed by atoms with E-state index in [1.807, 2.05) is 11.8 Å². The molecule has 0 saturated carbocycles. The summed E-state index contributed by atoms with van der Waals surface area (Å²) >= 11 is 2.02. The van der Waals surface area contributed by atoms with Crippen LogP contribution in [0.5, 0.6) is 0 Å². The molecule has 0 aromatic heterocycles. The molecule has 1 aromatic rings. The van der Waals surface area contributed by atoms with Gasteiger partial charge in [0.2, 0.25) is 0 Å². The van der Waals surface area contributed by atoms with Crippen LogP contribution in [0.15, 0.2) is 24.3 Å². The van der Waals surface area contributed by atoms with Gasteiger partial charge in [0.1, 0.15) is 0 Å². The molecular formula is C16H27NS. The zero-order chi connectivity index (χ0) is 13.5. The predicted octanol–water partition coefficient (Wildman–Crippen LogP) is 4.55. The Morgan fingerprint density at radius 2 is 1.78 bits per heavy atom. The summed E-state index contributed by atoms with van der Waals surface area (Å²) in [5.41, 5.74) is 8.98. The molecule has 0 radical (unpaired) electrons. The van der Waals surface area contributed by atoms with Crippen LogP contribution >= 0.6 is 11.8 Å². The molecule has 0 saturated heterocycles. The molecule has 1 nitrogen and oxygen atoms in total. The summed E-state index contributed by atoms with van der Waals surface area (Å²) < 4.78 is 0. The maximum atomic E-state index is 6.28. The maximum absolute atomic E-state index is 6.28. The second-order valence-corrected chi connectivity index (χ2v) is 6.71. The Morgan fingerprint density at radius 1 is 1.17 bits per heavy atom. The van der Waals surface area contributed by atoms with Crippen molar-refractivity contribution in [1.82, 2.24) is 0 Å². The zero-order valence-electron chi connectivity index (χ0n) is 12.1. The van der Waals surface area contributed by atoms with Crippen LogP contribution in [0.1, 0.15) is 50.0 Å². The van der Waals surface area contributed by atoms with Crippen molar-refractivity contribution in [2.45, 2.75) is 51.8 Å². The highest BCUT2D eigenvalue weighted by atomic mass is 32.2. The fourth-order valence-corrected chi connectivity index (χ4v) is 3.52. The molecule has 0 heterocycles. The third-order valence-electron chi connectivity index (χ3n) is 3.26. The van der Waals surface area contributed by atoms with Crippen molar-refractivity contribution in [3.63, 3.8) is 0 Å². The molecule has 0 fully saturated rings. The number of thioether (sulfide) groups is 1. The highest BCUT2D eigenvalue weighted by Crippen LogP contribution is 2.33. The van der Waals surface area contributed by atoms with E-state index in [1.54, 1.807) is 0 Å². The monoisotopic (exact) mass is 265 g/mol. The van der Waals surface area contributed by atoms with Gasteiger partial charge >= 0.3 is 0 Å². The summed E-state index contributed by atoms with van der Waals surface area (Å²) in [5, 5.41) is 0.439. The fraction of sp³-hybridized carbons (Fsp3) is 0.625. The van der Waals surface area contributed by atoms with E-state index in [-0.39, 0.29) is 6.04 Å². The Hall–Kier alpha value is -0.470. The lowest BCUT2D eigenvalue weighted by molar-refractivity contribution is 0.618. The van der Waals surface area contributed by atoms with Crippen LogP contribution in [-0.4, -0.2) is 11.8 Å². The summed E-state index contributed by atoms with van der Waals surface area (Å²) in [6.07, 6.45) is 2.30. The molecule has 2 unspecified atom stereocenters. The van der Waals surface area contributed by atoms with Gasteiger partial charge in [0.15, 0.2) is 0 Å². The Balaban J connectivity index is 2.68. The summed E-state index contributed by atoms with van der Waals surface area (Å²) in [5.74, 6) is 1.97. The molecule has 1 aromatic carbocycles. The van der Waals surface area contributed by atoms with Gasteiger partial charge in [-0.15, -0.1) is 0 Å². The van der Waals surface area contributed by atoms with Gasteiger partial charge in [-0.2, -0.15) is 11.8 Å². The average molecular weight is 265 g/mol. The lowest BCUT2D eigenvalue weighted by Crippen LogP contribution is -2.26. The SMILES string of the molecule is CCC(N)C(SCCC(C)C)c1ccc(C)cc1. The van der Waals surface area contributed by atoms with Crippen molar-refractivity contribution >= 4 is 11.8 Å². The number of hydrogen-bond donors (Lipinski definition) is 1. The van der Waals surface area contributed by atoms with Crippen molar-refractivity contribution in [2.75, 3.05) is 5.75 Å². The van der Waals surface area contributed by atoms with Gasteiger partial charge in [-0.1, -0.05) is 50.6 Å². The van der Waals surface area contributed by atoms with E-state index >= 15 is 0 Å². The van der Waals surface area contributed by atoms with Crippen molar-refractivity contribution < 1.29 is 0 Å². The fourth-order valence-electron chi connectivity index (χ4n) is 1.87. The average Bonchev–Trinajstić information content (AvgIpc) is 2.35. The molecule has 0 aliphatic rings. The van der Waals surface area contributed by atoms with Gasteiger partial charge in [0.05, 0.1) is 0 Å². The topological polar surface area (TPSA) is 26.0 Å². The van der Waals surface area contributed by atoms with Crippen LogP contribution in [0.3, 0.4) is 0 Å². The second kappa shape index (κ2) is 7.85. The van der Waals surface area contributed by atoms with Gasteiger partial charge in [0.25, 0.3) is 0 Å². The van der Waals surface area contributed by atoms with Crippen LogP contribution in [-0.2, 0) is 0 Å². The summed E-state index contributed by atoms with van der Waals surface area (Å²) in [6.45, 7) is 8.86. The largest absolute Gasteiger partial charge is 0.326 e. The lowest BCUT2D eigenvalue weighted by Gasteiger charge is -2.23. The molecule has 0 aliphatic heterocycles. The molecule has 1 rings (SSSR count). The molecule has 0 bridgehead atoms. The highest BCUT2D eigenvalue weighted by Gasteiger charge is 2.18. The third-order valence-corrected chi connectivity index (χ3v) is 4.71. The minimum atomic E-state index is 0.255. The number of nitrogens with two attached hydrogens (primary N) is 1. The lowest BCUT2D eigenvalue weighted by atomic mass is 10.0. The molecule has 102 valence electrons. The Labute approximate surface area is 117 Å². The zero-order valence-corrected chi connectivity index (χ0v) is 13.0. The normalized spacial score (nSPS) is 14.8. The molecule has 2 atom stereocenters. The highest BCUT2D eigenvalue weighted by molar-refractivity contribution is 7.99. The Morgan fingerprint density at radius 3 is 2.28 bits per heavy atom. The first-order valence-electron chi connectivity index (χ1n) is 6.98. The van der Waals surface area contributed by atoms with Gasteiger partial charge in [-0.05, 0) is 37.0 Å². The van der Waals surface area contributed by atoms with Gasteiger partial charge in [0, 0.05) is 11.3 Å². The van der Waals surface area contributed by atoms with Gasteiger partial charge < -0.3 is 5.73 Å². The molecule has 2 N–H and O–H groups in total. The van der Waals surface area contributed by atoms with Crippen molar-refractivity contribution in [3.05, 3.63) is 35.4 Å². The van der Waals surface area contributed by atoms with Crippen LogP contribution < -0.4 is 5.73 Å². The molecule has 0 spiro atoms. The smallest absolute Gasteiger partial charge is 0.0448 e. The second-order valence-electron chi connectivity index (χ2n) is 5.46. The van der Waals surface area contributed by atoms with Crippen molar-refractivity contribution in [3.8, 4) is 0 Å². The van der Waals surface area contributed by atoms with E-state index in [0.717, 1.165) is 12.3 Å². The molecular weight excluding hydrogens is 238 g/mol. The predicted molar refractivity (Wildman–Crippen MR) is 84.1 cm³/mol. The van der Waals surface area contributed by atoms with Crippen LogP contribution in [0.2, 0.25) is 0 Å². The quantitative estimate of drug-likeness (QED) is 0.782. The van der Waals surface area contributed by atoms with Crippen molar-refractivity contribution in [1.29, 1.82) is 0 Å². The molecule has 0 aliphatic carbocycles. The standard InChI is InChI=1S/C16H27NS/c1-5-15(17)16(18-11-10-12(2)3)14-8-6-13(4)7-9-14/h6-9,12,15-16H,5,10-11,17H2,1-4H3. The number of hydrogen-bond acceptors (Lipinski definition) is 2. The van der Waals surface area contributed by atoms with Gasteiger partial charge in [-0.25, -0.2) is 0 Å². The minimum Gasteiger partial charge on any atom is -0.326 e. The summed E-state index contributed by atoms with van der Waals surface area (Å²) in [7, 11) is 0. The third kappa shape index (κ3) is 5.03. The van der Waals surface area contributed by atoms with Crippen LogP contribution in [0.4, 0.5) is 0 Å². The van der Waals surface area contributed by atoms with E-state index in [2.05, 4.69) is 52.0 Å².